The van der Waals surface area contributed by atoms with Crippen LogP contribution in [0.15, 0.2) is 12.7 Å². The highest BCUT2D eigenvalue weighted by atomic mass is 16.8. The van der Waals surface area contributed by atoms with Gasteiger partial charge in [0.2, 0.25) is 0 Å². The first kappa shape index (κ1) is 18.3. The number of nitrogen functional groups attached to an aromatic ring is 1. The Labute approximate surface area is 165 Å². The van der Waals surface area contributed by atoms with E-state index in [9.17, 15) is 0 Å². The van der Waals surface area contributed by atoms with E-state index < -0.39 is 5.79 Å². The molecule has 1 aliphatic heterocycles. The third-order valence-corrected chi connectivity index (χ3v) is 6.56. The second-order valence-corrected chi connectivity index (χ2v) is 8.85. The van der Waals surface area contributed by atoms with Crippen LogP contribution in [0.1, 0.15) is 58.4 Å². The molecule has 2 aromatic heterocycles. The lowest BCUT2D eigenvalue weighted by Gasteiger charge is -2.34. The Morgan fingerprint density at radius 1 is 1.18 bits per heavy atom. The molecular weight excluding hydrogens is 356 g/mol. The van der Waals surface area contributed by atoms with Crippen LogP contribution in [0.2, 0.25) is 0 Å². The Morgan fingerprint density at radius 2 is 1.96 bits per heavy atom. The van der Waals surface area contributed by atoms with Crippen LogP contribution in [0.4, 0.5) is 5.82 Å². The van der Waals surface area contributed by atoms with E-state index in [1.807, 2.05) is 6.33 Å². The van der Waals surface area contributed by atoms with E-state index in [0.29, 0.717) is 23.3 Å². The average Bonchev–Trinajstić information content (AvgIpc) is 3.34. The highest BCUT2D eigenvalue weighted by molar-refractivity contribution is 5.81. The van der Waals surface area contributed by atoms with Gasteiger partial charge in [-0.25, -0.2) is 15.0 Å². The molecule has 2 aromatic rings. The number of anilines is 1. The van der Waals surface area contributed by atoms with Crippen molar-refractivity contribution in [3.8, 4) is 0 Å². The molecule has 0 amide bonds. The molecule has 28 heavy (non-hydrogen) atoms. The Balaban J connectivity index is 1.48. The molecule has 1 saturated heterocycles. The predicted octanol–water partition coefficient (Wildman–Crippen LogP) is 2.41. The van der Waals surface area contributed by atoms with Gasteiger partial charge in [-0.3, -0.25) is 0 Å². The molecular formula is C20H30N6O2. The maximum absolute atomic E-state index is 6.69. The first-order valence-corrected chi connectivity index (χ1v) is 10.6. The van der Waals surface area contributed by atoms with Crippen LogP contribution in [0, 0.1) is 5.92 Å². The molecule has 4 unspecified atom stereocenters. The number of fused-ring (bicyclic) bond motifs is 2. The van der Waals surface area contributed by atoms with Gasteiger partial charge in [0.1, 0.15) is 17.9 Å². The molecule has 0 aromatic carbocycles. The summed E-state index contributed by atoms with van der Waals surface area (Å²) in [5.74, 6) is 0.422. The minimum absolute atomic E-state index is 0.0191. The largest absolute Gasteiger partial charge is 0.382 e. The summed E-state index contributed by atoms with van der Waals surface area (Å²) >= 11 is 0. The van der Waals surface area contributed by atoms with Crippen LogP contribution < -0.4 is 11.1 Å². The van der Waals surface area contributed by atoms with E-state index in [1.54, 1.807) is 0 Å². The number of nitrogens with zero attached hydrogens (tertiary/aromatic N) is 4. The monoisotopic (exact) mass is 386 g/mol. The highest BCUT2D eigenvalue weighted by Gasteiger charge is 2.57. The van der Waals surface area contributed by atoms with Gasteiger partial charge in [0, 0.05) is 31.3 Å². The van der Waals surface area contributed by atoms with Crippen molar-refractivity contribution in [3.63, 3.8) is 0 Å². The van der Waals surface area contributed by atoms with Crippen molar-refractivity contribution in [1.29, 1.82) is 0 Å². The number of ether oxygens (including phenoxy) is 2. The topological polar surface area (TPSA) is 100 Å². The normalized spacial score (nSPS) is 31.8. The van der Waals surface area contributed by atoms with Crippen molar-refractivity contribution in [2.24, 2.45) is 5.92 Å². The number of hydrogen-bond donors (Lipinski definition) is 2. The van der Waals surface area contributed by atoms with E-state index in [4.69, 9.17) is 15.2 Å². The molecule has 2 saturated carbocycles. The summed E-state index contributed by atoms with van der Waals surface area (Å²) in [7, 11) is 0. The van der Waals surface area contributed by atoms with E-state index in [-0.39, 0.29) is 18.2 Å². The standard InChI is InChI=1S/C20H30N6O2/c1-12(2)22-9-13-8-14(26-11-25-15-18(21)23-10-24-19(15)26)17-16(13)27-20(28-17)6-4-3-5-7-20/h10-14,16-17,22H,3-9H2,1-2H3,(H2,21,23,24). The number of nitrogens with one attached hydrogen (secondary N) is 1. The number of rotatable bonds is 4. The number of nitrogens with two attached hydrogens (primary N) is 1. The van der Waals surface area contributed by atoms with Crippen LogP contribution in [-0.4, -0.2) is 50.1 Å². The van der Waals surface area contributed by atoms with Crippen LogP contribution in [-0.2, 0) is 9.47 Å². The molecule has 0 bridgehead atoms. The molecule has 3 aliphatic rings. The second kappa shape index (κ2) is 6.93. The first-order chi connectivity index (χ1) is 13.6. The van der Waals surface area contributed by atoms with Crippen LogP contribution >= 0.6 is 0 Å². The lowest BCUT2D eigenvalue weighted by molar-refractivity contribution is -0.204. The fourth-order valence-corrected chi connectivity index (χ4v) is 5.20. The second-order valence-electron chi connectivity index (χ2n) is 8.85. The van der Waals surface area contributed by atoms with Crippen molar-refractivity contribution in [2.75, 3.05) is 12.3 Å². The lowest BCUT2D eigenvalue weighted by Crippen LogP contribution is -2.37. The molecule has 5 rings (SSSR count). The Morgan fingerprint density at radius 3 is 2.75 bits per heavy atom. The van der Waals surface area contributed by atoms with Gasteiger partial charge in [0.05, 0.1) is 18.5 Å². The molecule has 152 valence electrons. The Hall–Kier alpha value is -1.77. The zero-order valence-electron chi connectivity index (χ0n) is 16.7. The van der Waals surface area contributed by atoms with Crippen molar-refractivity contribution < 1.29 is 9.47 Å². The van der Waals surface area contributed by atoms with Gasteiger partial charge in [-0.05, 0) is 19.3 Å². The van der Waals surface area contributed by atoms with E-state index in [1.165, 1.54) is 25.6 Å². The molecule has 3 heterocycles. The van der Waals surface area contributed by atoms with Gasteiger partial charge in [-0.2, -0.15) is 0 Å². The lowest BCUT2D eigenvalue weighted by atomic mass is 9.94. The fraction of sp³-hybridized carbons (Fsp3) is 0.750. The van der Waals surface area contributed by atoms with Crippen molar-refractivity contribution in [2.45, 2.75) is 82.5 Å². The van der Waals surface area contributed by atoms with E-state index in [2.05, 4.69) is 38.7 Å². The van der Waals surface area contributed by atoms with Crippen molar-refractivity contribution in [1.82, 2.24) is 24.8 Å². The Kier molecular flexibility index (Phi) is 4.52. The summed E-state index contributed by atoms with van der Waals surface area (Å²) in [6.07, 6.45) is 10.1. The molecule has 4 atom stereocenters. The number of aromatic nitrogens is 4. The molecule has 3 N–H and O–H groups in total. The van der Waals surface area contributed by atoms with Crippen molar-refractivity contribution in [3.05, 3.63) is 12.7 Å². The molecule has 8 nitrogen and oxygen atoms in total. The van der Waals surface area contributed by atoms with Gasteiger partial charge < -0.3 is 25.1 Å². The van der Waals surface area contributed by atoms with E-state index >= 15 is 0 Å². The summed E-state index contributed by atoms with van der Waals surface area (Å²) in [5, 5.41) is 3.60. The molecule has 2 aliphatic carbocycles. The summed E-state index contributed by atoms with van der Waals surface area (Å²) in [6.45, 7) is 5.29. The van der Waals surface area contributed by atoms with Crippen molar-refractivity contribution >= 4 is 17.0 Å². The summed E-state index contributed by atoms with van der Waals surface area (Å²) in [4.78, 5) is 13.0. The van der Waals surface area contributed by atoms with Crippen LogP contribution in [0.25, 0.3) is 11.2 Å². The number of imidazole rings is 1. The van der Waals surface area contributed by atoms with Gasteiger partial charge in [0.25, 0.3) is 0 Å². The zero-order valence-corrected chi connectivity index (χ0v) is 16.7. The fourth-order valence-electron chi connectivity index (χ4n) is 5.20. The third kappa shape index (κ3) is 2.98. The first-order valence-electron chi connectivity index (χ1n) is 10.6. The summed E-state index contributed by atoms with van der Waals surface area (Å²) in [6, 6.07) is 0.592. The minimum Gasteiger partial charge on any atom is -0.382 e. The van der Waals surface area contributed by atoms with Crippen LogP contribution in [0.3, 0.4) is 0 Å². The van der Waals surface area contributed by atoms with Gasteiger partial charge in [-0.1, -0.05) is 20.3 Å². The van der Waals surface area contributed by atoms with Crippen LogP contribution in [0.5, 0.6) is 0 Å². The molecule has 3 fully saturated rings. The Bertz CT molecular complexity index is 846. The molecule has 0 radical (unpaired) electrons. The smallest absolute Gasteiger partial charge is 0.169 e. The third-order valence-electron chi connectivity index (χ3n) is 6.56. The summed E-state index contributed by atoms with van der Waals surface area (Å²) < 4.78 is 15.5. The quantitative estimate of drug-likeness (QED) is 0.832. The molecule has 8 heteroatoms. The minimum atomic E-state index is -0.396. The maximum atomic E-state index is 6.69. The predicted molar refractivity (Wildman–Crippen MR) is 106 cm³/mol. The van der Waals surface area contributed by atoms with E-state index in [0.717, 1.165) is 31.5 Å². The van der Waals surface area contributed by atoms with Gasteiger partial charge in [-0.15, -0.1) is 0 Å². The highest BCUT2D eigenvalue weighted by Crippen LogP contribution is 2.51. The summed E-state index contributed by atoms with van der Waals surface area (Å²) in [5.41, 5.74) is 7.44. The van der Waals surface area contributed by atoms with Gasteiger partial charge >= 0.3 is 0 Å². The maximum Gasteiger partial charge on any atom is 0.169 e. The zero-order chi connectivity index (χ0) is 19.3. The number of hydrogen-bond acceptors (Lipinski definition) is 7. The average molecular weight is 387 g/mol. The molecule has 1 spiro atoms. The van der Waals surface area contributed by atoms with Gasteiger partial charge in [0.15, 0.2) is 17.3 Å². The SMILES string of the molecule is CC(C)NCC1CC(n2cnc3c(N)ncnc32)C2OC3(CCCCC3)OC12.